The number of hydrogen-bond acceptors (Lipinski definition) is 1. The number of rotatable bonds is 6. The van der Waals surface area contributed by atoms with Gasteiger partial charge in [0.05, 0.1) is 0 Å². The highest BCUT2D eigenvalue weighted by Crippen LogP contribution is 2.03. The highest BCUT2D eigenvalue weighted by Gasteiger charge is 1.95. The molecule has 0 spiro atoms. The van der Waals surface area contributed by atoms with Crippen molar-refractivity contribution in [3.63, 3.8) is 0 Å². The van der Waals surface area contributed by atoms with Crippen LogP contribution in [0, 0.1) is 11.7 Å². The zero-order valence-corrected chi connectivity index (χ0v) is 9.59. The first-order valence-electron chi connectivity index (χ1n) is 5.63. The molecule has 0 amide bonds. The topological polar surface area (TPSA) is 12.0 Å². The summed E-state index contributed by atoms with van der Waals surface area (Å²) in [6.45, 7) is 6.49. The molecule has 0 aliphatic rings. The standard InChI is InChI=1S/C13H20FN/c1-11(2)7-9-15-10-8-12-3-5-13(14)6-4-12/h3-6,11,15H,7-10H2,1-2H3. The molecule has 2 heteroatoms. The summed E-state index contributed by atoms with van der Waals surface area (Å²) in [7, 11) is 0. The van der Waals surface area contributed by atoms with Crippen LogP contribution in [-0.4, -0.2) is 13.1 Å². The molecule has 0 saturated carbocycles. The monoisotopic (exact) mass is 209 g/mol. The smallest absolute Gasteiger partial charge is 0.123 e. The summed E-state index contributed by atoms with van der Waals surface area (Å²) in [4.78, 5) is 0. The SMILES string of the molecule is CC(C)CCNCCc1ccc(F)cc1. The molecule has 15 heavy (non-hydrogen) atoms. The van der Waals surface area contributed by atoms with Crippen LogP contribution in [0.4, 0.5) is 4.39 Å². The first kappa shape index (κ1) is 12.2. The Labute approximate surface area is 91.7 Å². The van der Waals surface area contributed by atoms with Gasteiger partial charge in [-0.2, -0.15) is 0 Å². The highest BCUT2D eigenvalue weighted by atomic mass is 19.1. The first-order chi connectivity index (χ1) is 7.18. The first-order valence-corrected chi connectivity index (χ1v) is 5.63. The lowest BCUT2D eigenvalue weighted by molar-refractivity contribution is 0.539. The van der Waals surface area contributed by atoms with E-state index in [1.807, 2.05) is 12.1 Å². The van der Waals surface area contributed by atoms with Crippen LogP contribution >= 0.6 is 0 Å². The van der Waals surface area contributed by atoms with Crippen LogP contribution in [0.5, 0.6) is 0 Å². The third-order valence-electron chi connectivity index (χ3n) is 2.40. The third-order valence-corrected chi connectivity index (χ3v) is 2.40. The molecule has 0 aromatic heterocycles. The van der Waals surface area contributed by atoms with E-state index in [-0.39, 0.29) is 5.82 Å². The second-order valence-electron chi connectivity index (χ2n) is 4.31. The molecule has 0 aliphatic heterocycles. The number of benzene rings is 1. The van der Waals surface area contributed by atoms with E-state index in [2.05, 4.69) is 19.2 Å². The lowest BCUT2D eigenvalue weighted by Gasteiger charge is -2.06. The Kier molecular flexibility index (Phi) is 5.33. The summed E-state index contributed by atoms with van der Waals surface area (Å²) >= 11 is 0. The molecule has 0 saturated heterocycles. The van der Waals surface area contributed by atoms with Gasteiger partial charge in [0.2, 0.25) is 0 Å². The van der Waals surface area contributed by atoms with Gasteiger partial charge >= 0.3 is 0 Å². The molecule has 1 aromatic carbocycles. The van der Waals surface area contributed by atoms with Gasteiger partial charge < -0.3 is 5.32 Å². The fourth-order valence-corrected chi connectivity index (χ4v) is 1.40. The Hall–Kier alpha value is -0.890. The van der Waals surface area contributed by atoms with E-state index >= 15 is 0 Å². The van der Waals surface area contributed by atoms with Crippen LogP contribution in [-0.2, 0) is 6.42 Å². The molecule has 0 radical (unpaired) electrons. The molecule has 1 nitrogen and oxygen atoms in total. The van der Waals surface area contributed by atoms with E-state index in [0.29, 0.717) is 0 Å². The predicted molar refractivity (Wildman–Crippen MR) is 62.4 cm³/mol. The Morgan fingerprint density at radius 3 is 2.40 bits per heavy atom. The van der Waals surface area contributed by atoms with Crippen LogP contribution in [0.25, 0.3) is 0 Å². The van der Waals surface area contributed by atoms with Crippen molar-refractivity contribution in [1.29, 1.82) is 0 Å². The summed E-state index contributed by atoms with van der Waals surface area (Å²) in [5, 5.41) is 3.39. The van der Waals surface area contributed by atoms with Gasteiger partial charge in [0.15, 0.2) is 0 Å². The van der Waals surface area contributed by atoms with E-state index < -0.39 is 0 Å². The third kappa shape index (κ3) is 5.53. The number of nitrogens with one attached hydrogen (secondary N) is 1. The Balaban J connectivity index is 2.12. The summed E-state index contributed by atoms with van der Waals surface area (Å²) in [5.74, 6) is 0.592. The Morgan fingerprint density at radius 2 is 1.80 bits per heavy atom. The van der Waals surface area contributed by atoms with Gasteiger partial charge in [-0.3, -0.25) is 0 Å². The van der Waals surface area contributed by atoms with Crippen molar-refractivity contribution in [3.05, 3.63) is 35.6 Å². The summed E-state index contributed by atoms with van der Waals surface area (Å²) < 4.78 is 12.6. The predicted octanol–water partition coefficient (Wildman–Crippen LogP) is 3.00. The van der Waals surface area contributed by atoms with Crippen LogP contribution in [0.2, 0.25) is 0 Å². The summed E-state index contributed by atoms with van der Waals surface area (Å²) in [6.07, 6.45) is 2.18. The van der Waals surface area contributed by atoms with Crippen molar-refractivity contribution in [2.75, 3.05) is 13.1 Å². The van der Waals surface area contributed by atoms with E-state index in [1.54, 1.807) is 0 Å². The van der Waals surface area contributed by atoms with E-state index in [4.69, 9.17) is 0 Å². The lowest BCUT2D eigenvalue weighted by Crippen LogP contribution is -2.19. The Bertz CT molecular complexity index is 266. The second kappa shape index (κ2) is 6.57. The summed E-state index contributed by atoms with van der Waals surface area (Å²) in [5.41, 5.74) is 1.19. The Morgan fingerprint density at radius 1 is 1.13 bits per heavy atom. The lowest BCUT2D eigenvalue weighted by atomic mass is 10.1. The van der Waals surface area contributed by atoms with Gasteiger partial charge in [-0.15, -0.1) is 0 Å². The molecule has 0 aliphatic carbocycles. The maximum atomic E-state index is 12.6. The van der Waals surface area contributed by atoms with E-state index in [0.717, 1.165) is 25.4 Å². The molecule has 84 valence electrons. The molecule has 0 atom stereocenters. The largest absolute Gasteiger partial charge is 0.316 e. The molecule has 0 unspecified atom stereocenters. The van der Waals surface area contributed by atoms with E-state index in [1.165, 1.54) is 24.1 Å². The summed E-state index contributed by atoms with van der Waals surface area (Å²) in [6, 6.07) is 6.73. The van der Waals surface area contributed by atoms with Crippen molar-refractivity contribution in [3.8, 4) is 0 Å². The average molecular weight is 209 g/mol. The molecule has 1 rings (SSSR count). The minimum atomic E-state index is -0.161. The van der Waals surface area contributed by atoms with Crippen LogP contribution in [0.1, 0.15) is 25.8 Å². The van der Waals surface area contributed by atoms with Crippen molar-refractivity contribution >= 4 is 0 Å². The van der Waals surface area contributed by atoms with Crippen LogP contribution in [0.3, 0.4) is 0 Å². The average Bonchev–Trinajstić information content (AvgIpc) is 2.20. The van der Waals surface area contributed by atoms with Gasteiger partial charge in [-0.05, 0) is 49.5 Å². The molecule has 0 fully saturated rings. The zero-order valence-electron chi connectivity index (χ0n) is 9.59. The number of halogens is 1. The zero-order chi connectivity index (χ0) is 11.1. The van der Waals surface area contributed by atoms with Crippen molar-refractivity contribution in [1.82, 2.24) is 5.32 Å². The van der Waals surface area contributed by atoms with Gasteiger partial charge in [0.1, 0.15) is 5.82 Å². The van der Waals surface area contributed by atoms with Gasteiger partial charge in [0.25, 0.3) is 0 Å². The maximum absolute atomic E-state index is 12.6. The maximum Gasteiger partial charge on any atom is 0.123 e. The minimum Gasteiger partial charge on any atom is -0.316 e. The van der Waals surface area contributed by atoms with Gasteiger partial charge in [0, 0.05) is 0 Å². The van der Waals surface area contributed by atoms with Gasteiger partial charge in [-0.1, -0.05) is 26.0 Å². The van der Waals surface area contributed by atoms with E-state index in [9.17, 15) is 4.39 Å². The van der Waals surface area contributed by atoms with Crippen molar-refractivity contribution < 1.29 is 4.39 Å². The molecule has 0 heterocycles. The molecular formula is C13H20FN. The molecule has 1 aromatic rings. The van der Waals surface area contributed by atoms with Gasteiger partial charge in [-0.25, -0.2) is 4.39 Å². The van der Waals surface area contributed by atoms with Crippen molar-refractivity contribution in [2.45, 2.75) is 26.7 Å². The number of hydrogen-bond donors (Lipinski definition) is 1. The van der Waals surface area contributed by atoms with Crippen LogP contribution < -0.4 is 5.32 Å². The minimum absolute atomic E-state index is 0.161. The highest BCUT2D eigenvalue weighted by molar-refractivity contribution is 5.16. The molecular weight excluding hydrogens is 189 g/mol. The fraction of sp³-hybridized carbons (Fsp3) is 0.538. The normalized spacial score (nSPS) is 10.9. The molecule has 1 N–H and O–H groups in total. The fourth-order valence-electron chi connectivity index (χ4n) is 1.40. The quantitative estimate of drug-likeness (QED) is 0.710. The molecule has 0 bridgehead atoms. The van der Waals surface area contributed by atoms with Crippen LogP contribution in [0.15, 0.2) is 24.3 Å². The second-order valence-corrected chi connectivity index (χ2v) is 4.31. The van der Waals surface area contributed by atoms with Crippen molar-refractivity contribution in [2.24, 2.45) is 5.92 Å².